The number of allylic oxidation sites excluding steroid dienone is 2. The lowest BCUT2D eigenvalue weighted by atomic mass is 9.81. The smallest absolute Gasteiger partial charge is 0.404 e. The van der Waals surface area contributed by atoms with Crippen molar-refractivity contribution in [3.05, 3.63) is 53.6 Å². The molecule has 0 radical (unpaired) electrons. The number of primary amides is 1. The fourth-order valence-electron chi connectivity index (χ4n) is 5.49. The lowest BCUT2D eigenvalue weighted by Crippen LogP contribution is -2.41. The largest absolute Gasteiger partial charge is 0.482 e. The summed E-state index contributed by atoms with van der Waals surface area (Å²) in [5, 5.41) is 22.2. The van der Waals surface area contributed by atoms with Crippen molar-refractivity contribution in [2.24, 2.45) is 35.3 Å². The van der Waals surface area contributed by atoms with Gasteiger partial charge in [0.2, 0.25) is 0 Å². The number of hydrogen-bond donors (Lipinski definition) is 3. The van der Waals surface area contributed by atoms with Gasteiger partial charge < -0.3 is 30.3 Å². The molecule has 2 amide bonds. The van der Waals surface area contributed by atoms with Gasteiger partial charge in [0, 0.05) is 30.7 Å². The number of benzene rings is 1. The minimum Gasteiger partial charge on any atom is -0.482 e. The second-order valence-electron chi connectivity index (χ2n) is 11.7. The first-order chi connectivity index (χ1) is 19.3. The number of anilines is 1. The van der Waals surface area contributed by atoms with Crippen molar-refractivity contribution in [1.82, 2.24) is 0 Å². The molecule has 41 heavy (non-hydrogen) atoms. The molecule has 1 aromatic carbocycles. The zero-order valence-corrected chi connectivity index (χ0v) is 25.9. The van der Waals surface area contributed by atoms with E-state index < -0.39 is 24.4 Å². The van der Waals surface area contributed by atoms with Gasteiger partial charge in [-0.25, -0.2) is 4.79 Å². The zero-order valence-electron chi connectivity index (χ0n) is 25.9. The molecule has 1 aliphatic heterocycles. The molecule has 0 saturated heterocycles. The van der Waals surface area contributed by atoms with E-state index >= 15 is 0 Å². The van der Waals surface area contributed by atoms with Gasteiger partial charge in [0.25, 0.3) is 5.91 Å². The average Bonchev–Trinajstić information content (AvgIpc) is 2.93. The van der Waals surface area contributed by atoms with Crippen LogP contribution < -0.4 is 15.4 Å². The third-order valence-electron chi connectivity index (χ3n) is 8.02. The van der Waals surface area contributed by atoms with E-state index in [0.717, 1.165) is 23.2 Å². The number of nitrogens with zero attached hydrogens (tertiary/aromatic N) is 1. The predicted octanol–water partition coefficient (Wildman–Crippen LogP) is 5.72. The van der Waals surface area contributed by atoms with Crippen LogP contribution in [0, 0.1) is 29.6 Å². The van der Waals surface area contributed by atoms with Crippen molar-refractivity contribution >= 4 is 23.8 Å². The van der Waals surface area contributed by atoms with Crippen LogP contribution in [0.5, 0.6) is 5.75 Å². The number of aliphatic hydroxyl groups excluding tert-OH is 2. The number of nitrogens with two attached hydrogens (primary N) is 1. The number of ether oxygens (including phenoxy) is 2. The molecule has 8 heteroatoms. The Kier molecular flexibility index (Phi) is 13.1. The molecule has 1 heterocycles. The third kappa shape index (κ3) is 9.75. The Bertz CT molecular complexity index is 1110. The van der Waals surface area contributed by atoms with Crippen LogP contribution in [0.3, 0.4) is 0 Å². The van der Waals surface area contributed by atoms with Crippen molar-refractivity contribution in [3.63, 3.8) is 0 Å². The number of carbonyl (C=O) groups excluding carboxylic acids is 2. The molecule has 8 nitrogen and oxygen atoms in total. The highest BCUT2D eigenvalue weighted by molar-refractivity contribution is 5.97. The van der Waals surface area contributed by atoms with Crippen LogP contribution in [0.25, 0.3) is 6.08 Å². The van der Waals surface area contributed by atoms with Crippen LogP contribution in [0.4, 0.5) is 10.5 Å². The summed E-state index contributed by atoms with van der Waals surface area (Å²) in [5.41, 5.74) is 8.05. The molecule has 8 atom stereocenters. The molecular weight excluding hydrogens is 520 g/mol. The Balaban J connectivity index is 2.02. The maximum Gasteiger partial charge on any atom is 0.404 e. The Labute approximate surface area is 245 Å². The highest BCUT2D eigenvalue weighted by Gasteiger charge is 2.33. The quantitative estimate of drug-likeness (QED) is 0.246. The highest BCUT2D eigenvalue weighted by Crippen LogP contribution is 2.33. The summed E-state index contributed by atoms with van der Waals surface area (Å²) in [5.74, 6) is -0.134. The Hall–Kier alpha value is -3.10. The highest BCUT2D eigenvalue weighted by atomic mass is 16.6. The molecular formula is C33H50N2O6. The molecule has 4 N–H and O–H groups in total. The first kappa shape index (κ1) is 34.1. The summed E-state index contributed by atoms with van der Waals surface area (Å²) in [4.78, 5) is 25.1. The van der Waals surface area contributed by atoms with E-state index in [2.05, 4.69) is 6.08 Å². The topological polar surface area (TPSA) is 122 Å². The summed E-state index contributed by atoms with van der Waals surface area (Å²) in [6.45, 7) is 13.9. The van der Waals surface area contributed by atoms with E-state index in [1.165, 1.54) is 0 Å². The van der Waals surface area contributed by atoms with E-state index in [9.17, 15) is 19.8 Å². The molecule has 1 aromatic rings. The SMILES string of the molecule is CC/C=C\[C@H](C)[C@H](OC(N)=O)[C@@H](C)[C@H](O)[C@@H](C)C/C(C)=C\[C@H](C)[C@@H](O)[C@@H](C)/C=C\c1ccc2c(c1)N(C)C(=O)CO2. The summed E-state index contributed by atoms with van der Waals surface area (Å²) >= 11 is 0. The summed E-state index contributed by atoms with van der Waals surface area (Å²) in [7, 11) is 1.74. The molecule has 0 unspecified atom stereocenters. The lowest BCUT2D eigenvalue weighted by Gasteiger charge is -2.33. The molecule has 1 aliphatic rings. The van der Waals surface area contributed by atoms with E-state index in [1.807, 2.05) is 91.0 Å². The van der Waals surface area contributed by atoms with Gasteiger partial charge in [0.1, 0.15) is 11.9 Å². The molecule has 0 saturated carbocycles. The molecule has 0 bridgehead atoms. The van der Waals surface area contributed by atoms with Crippen molar-refractivity contribution in [2.45, 2.75) is 79.6 Å². The van der Waals surface area contributed by atoms with E-state index in [0.29, 0.717) is 12.2 Å². The minimum absolute atomic E-state index is 0.0452. The van der Waals surface area contributed by atoms with E-state index in [4.69, 9.17) is 15.2 Å². The first-order valence-corrected chi connectivity index (χ1v) is 14.6. The number of aliphatic hydroxyl groups is 2. The van der Waals surface area contributed by atoms with Gasteiger partial charge in [-0.2, -0.15) is 0 Å². The van der Waals surface area contributed by atoms with Crippen molar-refractivity contribution in [2.75, 3.05) is 18.6 Å². The van der Waals surface area contributed by atoms with E-state index in [1.54, 1.807) is 11.9 Å². The Morgan fingerprint density at radius 2 is 1.78 bits per heavy atom. The van der Waals surface area contributed by atoms with Crippen LogP contribution in [-0.2, 0) is 9.53 Å². The van der Waals surface area contributed by atoms with Gasteiger partial charge >= 0.3 is 6.09 Å². The zero-order chi connectivity index (χ0) is 30.9. The maximum absolute atomic E-state index is 12.0. The average molecular weight is 571 g/mol. The Morgan fingerprint density at radius 1 is 1.10 bits per heavy atom. The molecule has 0 aliphatic carbocycles. The number of hydrogen-bond acceptors (Lipinski definition) is 6. The van der Waals surface area contributed by atoms with Gasteiger partial charge in [0.15, 0.2) is 6.61 Å². The molecule has 228 valence electrons. The maximum atomic E-state index is 12.0. The van der Waals surface area contributed by atoms with Crippen LogP contribution in [0.15, 0.2) is 48.1 Å². The molecule has 0 spiro atoms. The second kappa shape index (κ2) is 15.8. The molecule has 2 rings (SSSR count). The number of carbonyl (C=O) groups is 2. The normalized spacial score (nSPS) is 20.1. The van der Waals surface area contributed by atoms with Crippen LogP contribution in [-0.4, -0.2) is 54.2 Å². The van der Waals surface area contributed by atoms with Crippen molar-refractivity contribution in [3.8, 4) is 5.75 Å². The van der Waals surface area contributed by atoms with Gasteiger partial charge in [-0.1, -0.05) is 83.6 Å². The minimum atomic E-state index is -0.844. The second-order valence-corrected chi connectivity index (χ2v) is 11.7. The van der Waals surface area contributed by atoms with Crippen LogP contribution >= 0.6 is 0 Å². The van der Waals surface area contributed by atoms with Crippen LogP contribution in [0.2, 0.25) is 0 Å². The summed E-state index contributed by atoms with van der Waals surface area (Å²) in [6, 6.07) is 5.69. The van der Waals surface area contributed by atoms with Gasteiger partial charge in [-0.3, -0.25) is 4.79 Å². The molecule has 0 aromatic heterocycles. The van der Waals surface area contributed by atoms with E-state index in [-0.39, 0.29) is 42.1 Å². The van der Waals surface area contributed by atoms with Gasteiger partial charge in [-0.05, 0) is 43.4 Å². The molecule has 0 fully saturated rings. The first-order valence-electron chi connectivity index (χ1n) is 14.6. The fraction of sp³-hybridized carbons (Fsp3) is 0.576. The fourth-order valence-corrected chi connectivity index (χ4v) is 5.49. The Morgan fingerprint density at radius 3 is 2.41 bits per heavy atom. The van der Waals surface area contributed by atoms with Crippen molar-refractivity contribution in [1.29, 1.82) is 0 Å². The number of rotatable bonds is 14. The summed E-state index contributed by atoms with van der Waals surface area (Å²) < 4.78 is 10.9. The number of likely N-dealkylation sites (N-methyl/N-ethyl adjacent to an activating group) is 1. The summed E-state index contributed by atoms with van der Waals surface area (Å²) in [6.07, 6.45) is 8.80. The standard InChI is InChI=1S/C33H50N2O6/c1-9-10-11-22(4)32(41-33(34)39)25(7)31(38)24(6)17-20(2)16-23(5)30(37)21(3)12-13-26-14-15-28-27(18-26)35(8)29(36)19-40-28/h10-16,18,21-25,30-32,37-38H,9,17,19H2,1-8H3,(H2,34,39)/b11-10-,13-12-,20-16-/t21-,22-,23-,24-,25-,30-,31+,32-/m0/s1. The number of fused-ring (bicyclic) bond motifs is 1. The monoisotopic (exact) mass is 570 g/mol. The number of amides is 2. The van der Waals surface area contributed by atoms with Gasteiger partial charge in [0.05, 0.1) is 17.9 Å². The predicted molar refractivity (Wildman–Crippen MR) is 164 cm³/mol. The van der Waals surface area contributed by atoms with Gasteiger partial charge in [-0.15, -0.1) is 0 Å². The van der Waals surface area contributed by atoms with Crippen LogP contribution in [0.1, 0.15) is 66.9 Å². The third-order valence-corrected chi connectivity index (χ3v) is 8.02. The van der Waals surface area contributed by atoms with Crippen molar-refractivity contribution < 1.29 is 29.3 Å². The lowest BCUT2D eigenvalue weighted by molar-refractivity contribution is -0.120.